The van der Waals surface area contributed by atoms with E-state index in [-0.39, 0.29) is 24.6 Å². The molecule has 1 amide bonds. The first kappa shape index (κ1) is 16.4. The minimum Gasteiger partial charge on any atom is -0.380 e. The molecule has 19 heavy (non-hydrogen) atoms. The standard InChI is InChI=1S/C11H23N3O4S/c1-11(2,14-19(4,16)17)7-13-10(15)9-5-8(18-3)6-12-9/h8-9,12,14H,5-7H2,1-4H3,(H,13,15). The second kappa shape index (κ2) is 6.17. The number of nitrogens with one attached hydrogen (secondary N) is 3. The Kier molecular flexibility index (Phi) is 5.31. The number of carbonyl (C=O) groups is 1. The third-order valence-electron chi connectivity index (χ3n) is 2.91. The van der Waals surface area contributed by atoms with Gasteiger partial charge in [-0.2, -0.15) is 0 Å². The molecule has 0 bridgehead atoms. The monoisotopic (exact) mass is 293 g/mol. The van der Waals surface area contributed by atoms with Gasteiger partial charge in [-0.15, -0.1) is 0 Å². The number of carbonyl (C=O) groups excluding carboxylic acids is 1. The van der Waals surface area contributed by atoms with Crippen molar-refractivity contribution in [2.45, 2.75) is 38.0 Å². The van der Waals surface area contributed by atoms with Gasteiger partial charge in [-0.3, -0.25) is 4.79 Å². The Bertz CT molecular complexity index is 422. The zero-order valence-corrected chi connectivity index (χ0v) is 12.6. The summed E-state index contributed by atoms with van der Waals surface area (Å²) < 4.78 is 30.0. The summed E-state index contributed by atoms with van der Waals surface area (Å²) in [5.41, 5.74) is -0.720. The molecule has 0 saturated carbocycles. The van der Waals surface area contributed by atoms with E-state index in [0.717, 1.165) is 6.26 Å². The molecule has 2 unspecified atom stereocenters. The van der Waals surface area contributed by atoms with Crippen LogP contribution in [0.3, 0.4) is 0 Å². The van der Waals surface area contributed by atoms with Crippen molar-refractivity contribution >= 4 is 15.9 Å². The first-order chi connectivity index (χ1) is 8.63. The van der Waals surface area contributed by atoms with Crippen molar-refractivity contribution in [2.75, 3.05) is 26.5 Å². The zero-order valence-electron chi connectivity index (χ0n) is 11.8. The Labute approximate surface area is 114 Å². The van der Waals surface area contributed by atoms with Crippen LogP contribution in [0, 0.1) is 0 Å². The summed E-state index contributed by atoms with van der Waals surface area (Å²) >= 11 is 0. The molecule has 1 heterocycles. The van der Waals surface area contributed by atoms with Gasteiger partial charge in [0.25, 0.3) is 0 Å². The topological polar surface area (TPSA) is 96.5 Å². The molecule has 0 aromatic rings. The third-order valence-corrected chi connectivity index (χ3v) is 3.83. The highest BCUT2D eigenvalue weighted by atomic mass is 32.2. The van der Waals surface area contributed by atoms with Gasteiger partial charge >= 0.3 is 0 Å². The molecule has 3 N–H and O–H groups in total. The predicted molar refractivity (Wildman–Crippen MR) is 72.3 cm³/mol. The van der Waals surface area contributed by atoms with E-state index >= 15 is 0 Å². The van der Waals surface area contributed by atoms with Crippen LogP contribution in [0.5, 0.6) is 0 Å². The number of rotatable bonds is 6. The molecular formula is C11H23N3O4S. The fraction of sp³-hybridized carbons (Fsp3) is 0.909. The first-order valence-electron chi connectivity index (χ1n) is 6.16. The van der Waals surface area contributed by atoms with E-state index in [4.69, 9.17) is 4.74 Å². The molecule has 1 saturated heterocycles. The average Bonchev–Trinajstić information content (AvgIpc) is 2.71. The number of methoxy groups -OCH3 is 1. The van der Waals surface area contributed by atoms with E-state index in [1.54, 1.807) is 21.0 Å². The van der Waals surface area contributed by atoms with Crippen molar-refractivity contribution in [3.05, 3.63) is 0 Å². The Balaban J connectivity index is 2.42. The van der Waals surface area contributed by atoms with E-state index in [1.807, 2.05) is 0 Å². The predicted octanol–water partition coefficient (Wildman–Crippen LogP) is -1.19. The molecule has 8 heteroatoms. The number of hydrogen-bond acceptors (Lipinski definition) is 5. The molecule has 1 fully saturated rings. The van der Waals surface area contributed by atoms with Crippen molar-refractivity contribution in [1.29, 1.82) is 0 Å². The molecule has 0 aliphatic carbocycles. The normalized spacial score (nSPS) is 24.4. The molecule has 0 spiro atoms. The van der Waals surface area contributed by atoms with Gasteiger partial charge in [0.05, 0.1) is 18.4 Å². The molecule has 1 aliphatic rings. The van der Waals surface area contributed by atoms with E-state index in [9.17, 15) is 13.2 Å². The van der Waals surface area contributed by atoms with Crippen LogP contribution < -0.4 is 15.4 Å². The van der Waals surface area contributed by atoms with Crippen LogP contribution in [-0.2, 0) is 19.6 Å². The van der Waals surface area contributed by atoms with E-state index < -0.39 is 15.6 Å². The smallest absolute Gasteiger partial charge is 0.237 e. The molecule has 1 aliphatic heterocycles. The van der Waals surface area contributed by atoms with Crippen LogP contribution in [0.2, 0.25) is 0 Å². The summed E-state index contributed by atoms with van der Waals surface area (Å²) in [7, 11) is -1.68. The lowest BCUT2D eigenvalue weighted by molar-refractivity contribution is -0.123. The molecule has 0 radical (unpaired) electrons. The van der Waals surface area contributed by atoms with E-state index in [2.05, 4.69) is 15.4 Å². The van der Waals surface area contributed by atoms with Crippen LogP contribution in [0.25, 0.3) is 0 Å². The number of amides is 1. The summed E-state index contributed by atoms with van der Waals surface area (Å²) in [6.07, 6.45) is 1.78. The first-order valence-corrected chi connectivity index (χ1v) is 8.05. The van der Waals surface area contributed by atoms with Gasteiger partial charge in [0.15, 0.2) is 0 Å². The highest BCUT2D eigenvalue weighted by Crippen LogP contribution is 2.10. The van der Waals surface area contributed by atoms with Crippen LogP contribution in [-0.4, -0.2) is 58.5 Å². The van der Waals surface area contributed by atoms with Crippen LogP contribution in [0.4, 0.5) is 0 Å². The minimum atomic E-state index is -3.30. The Morgan fingerprint density at radius 3 is 2.58 bits per heavy atom. The fourth-order valence-electron chi connectivity index (χ4n) is 2.05. The number of hydrogen-bond donors (Lipinski definition) is 3. The third kappa shape index (κ3) is 5.85. The summed E-state index contributed by atoms with van der Waals surface area (Å²) in [5, 5.41) is 5.81. The molecule has 2 atom stereocenters. The largest absolute Gasteiger partial charge is 0.380 e. The highest BCUT2D eigenvalue weighted by Gasteiger charge is 2.30. The molecule has 1 rings (SSSR count). The second-order valence-corrected chi connectivity index (χ2v) is 7.28. The zero-order chi connectivity index (χ0) is 14.7. The van der Waals surface area contributed by atoms with Crippen LogP contribution >= 0.6 is 0 Å². The maximum atomic E-state index is 11.9. The van der Waals surface area contributed by atoms with Crippen molar-refractivity contribution in [3.63, 3.8) is 0 Å². The lowest BCUT2D eigenvalue weighted by atomic mass is 10.1. The molecular weight excluding hydrogens is 270 g/mol. The SMILES string of the molecule is COC1CNC(C(=O)NCC(C)(C)NS(C)(=O)=O)C1. The van der Waals surface area contributed by atoms with Crippen LogP contribution in [0.15, 0.2) is 0 Å². The number of ether oxygens (including phenoxy) is 1. The maximum absolute atomic E-state index is 11.9. The van der Waals surface area contributed by atoms with Crippen molar-refractivity contribution in [1.82, 2.24) is 15.4 Å². The Hall–Kier alpha value is -0.700. The molecule has 7 nitrogen and oxygen atoms in total. The Morgan fingerprint density at radius 2 is 2.11 bits per heavy atom. The summed E-state index contributed by atoms with van der Waals surface area (Å²) in [4.78, 5) is 11.9. The van der Waals surface area contributed by atoms with Gasteiger partial charge in [0.1, 0.15) is 0 Å². The van der Waals surface area contributed by atoms with Crippen molar-refractivity contribution in [3.8, 4) is 0 Å². The molecule has 0 aromatic heterocycles. The average molecular weight is 293 g/mol. The van der Waals surface area contributed by atoms with Gasteiger partial charge in [-0.1, -0.05) is 0 Å². The van der Waals surface area contributed by atoms with E-state index in [0.29, 0.717) is 13.0 Å². The fourth-order valence-corrected chi connectivity index (χ4v) is 3.13. The maximum Gasteiger partial charge on any atom is 0.237 e. The molecule has 0 aromatic carbocycles. The quantitative estimate of drug-likeness (QED) is 0.572. The molecule has 112 valence electrons. The lowest BCUT2D eigenvalue weighted by Crippen LogP contribution is -2.53. The highest BCUT2D eigenvalue weighted by molar-refractivity contribution is 7.88. The van der Waals surface area contributed by atoms with Gasteiger partial charge in [-0.25, -0.2) is 13.1 Å². The lowest BCUT2D eigenvalue weighted by Gasteiger charge is -2.26. The van der Waals surface area contributed by atoms with Crippen molar-refractivity contribution < 1.29 is 17.9 Å². The van der Waals surface area contributed by atoms with Crippen LogP contribution in [0.1, 0.15) is 20.3 Å². The van der Waals surface area contributed by atoms with Gasteiger partial charge < -0.3 is 15.4 Å². The summed E-state index contributed by atoms with van der Waals surface area (Å²) in [5.74, 6) is -0.136. The van der Waals surface area contributed by atoms with Gasteiger partial charge in [0, 0.05) is 25.7 Å². The van der Waals surface area contributed by atoms with Gasteiger partial charge in [0.2, 0.25) is 15.9 Å². The van der Waals surface area contributed by atoms with Crippen molar-refractivity contribution in [2.24, 2.45) is 0 Å². The van der Waals surface area contributed by atoms with Gasteiger partial charge in [-0.05, 0) is 20.3 Å². The minimum absolute atomic E-state index is 0.0536. The number of sulfonamides is 1. The summed E-state index contributed by atoms with van der Waals surface area (Å²) in [6.45, 7) is 4.32. The second-order valence-electron chi connectivity index (χ2n) is 5.53. The Morgan fingerprint density at radius 1 is 1.47 bits per heavy atom. The van der Waals surface area contributed by atoms with E-state index in [1.165, 1.54) is 0 Å². The summed E-state index contributed by atoms with van der Waals surface area (Å²) in [6, 6.07) is -0.279.